The van der Waals surface area contributed by atoms with Gasteiger partial charge in [-0.05, 0) is 19.9 Å². The SMILES string of the molecule is Cc1ccc(-c2[nH]c(=O)c3cc(C)ccc3c2O)cc1. The molecule has 0 aliphatic rings. The number of pyridine rings is 1. The fraction of sp³-hybridized carbons (Fsp3) is 0.118. The number of aromatic nitrogens is 1. The molecule has 0 aliphatic heterocycles. The Hall–Kier alpha value is -2.55. The normalized spacial score (nSPS) is 10.9. The van der Waals surface area contributed by atoms with Crippen molar-refractivity contribution in [3.8, 4) is 17.0 Å². The molecular formula is C17H15NO2. The molecule has 1 heterocycles. The topological polar surface area (TPSA) is 53.1 Å². The Morgan fingerprint density at radius 2 is 1.55 bits per heavy atom. The Bertz CT molecular complexity index is 845. The fourth-order valence-corrected chi connectivity index (χ4v) is 2.36. The van der Waals surface area contributed by atoms with E-state index in [0.29, 0.717) is 16.5 Å². The van der Waals surface area contributed by atoms with Gasteiger partial charge in [-0.25, -0.2) is 0 Å². The number of aromatic amines is 1. The van der Waals surface area contributed by atoms with Gasteiger partial charge in [0.25, 0.3) is 5.56 Å². The first kappa shape index (κ1) is 12.5. The molecule has 20 heavy (non-hydrogen) atoms. The van der Waals surface area contributed by atoms with Gasteiger partial charge < -0.3 is 10.1 Å². The molecule has 0 spiro atoms. The van der Waals surface area contributed by atoms with Crippen molar-refractivity contribution in [1.82, 2.24) is 4.98 Å². The Kier molecular flexibility index (Phi) is 2.83. The number of rotatable bonds is 1. The lowest BCUT2D eigenvalue weighted by molar-refractivity contribution is 0.481. The molecule has 3 aromatic rings. The molecule has 0 saturated heterocycles. The van der Waals surface area contributed by atoms with Crippen LogP contribution in [-0.2, 0) is 0 Å². The van der Waals surface area contributed by atoms with Gasteiger partial charge in [-0.3, -0.25) is 4.79 Å². The van der Waals surface area contributed by atoms with Crippen molar-refractivity contribution in [3.63, 3.8) is 0 Å². The van der Waals surface area contributed by atoms with E-state index in [1.165, 1.54) is 0 Å². The third kappa shape index (κ3) is 1.97. The van der Waals surface area contributed by atoms with Crippen LogP contribution >= 0.6 is 0 Å². The summed E-state index contributed by atoms with van der Waals surface area (Å²) in [5.41, 5.74) is 3.20. The van der Waals surface area contributed by atoms with Crippen LogP contribution in [0.5, 0.6) is 5.75 Å². The van der Waals surface area contributed by atoms with E-state index in [4.69, 9.17) is 0 Å². The summed E-state index contributed by atoms with van der Waals surface area (Å²) in [4.78, 5) is 15.0. The largest absolute Gasteiger partial charge is 0.505 e. The molecule has 0 atom stereocenters. The standard InChI is InChI=1S/C17H15NO2/c1-10-3-6-12(7-4-10)15-16(19)13-8-5-11(2)9-14(13)17(20)18-15/h3-9,19H,1-2H3,(H,18,20). The lowest BCUT2D eigenvalue weighted by Gasteiger charge is -2.09. The van der Waals surface area contributed by atoms with Gasteiger partial charge in [0.15, 0.2) is 0 Å². The van der Waals surface area contributed by atoms with Crippen LogP contribution in [0.2, 0.25) is 0 Å². The Balaban J connectivity index is 2.33. The molecule has 0 saturated carbocycles. The molecule has 0 amide bonds. The Morgan fingerprint density at radius 1 is 0.900 bits per heavy atom. The van der Waals surface area contributed by atoms with Gasteiger partial charge in [0.05, 0.1) is 11.1 Å². The highest BCUT2D eigenvalue weighted by Crippen LogP contribution is 2.32. The number of H-pyrrole nitrogens is 1. The summed E-state index contributed by atoms with van der Waals surface area (Å²) in [6, 6.07) is 13.1. The average molecular weight is 265 g/mol. The number of fused-ring (bicyclic) bond motifs is 1. The summed E-state index contributed by atoms with van der Waals surface area (Å²) in [5, 5.41) is 11.5. The molecule has 3 rings (SSSR count). The van der Waals surface area contributed by atoms with Gasteiger partial charge in [0.2, 0.25) is 0 Å². The van der Waals surface area contributed by atoms with Crippen molar-refractivity contribution in [2.45, 2.75) is 13.8 Å². The van der Waals surface area contributed by atoms with Crippen LogP contribution in [0.1, 0.15) is 11.1 Å². The number of benzene rings is 2. The van der Waals surface area contributed by atoms with Crippen molar-refractivity contribution < 1.29 is 5.11 Å². The summed E-state index contributed by atoms with van der Waals surface area (Å²) < 4.78 is 0. The monoisotopic (exact) mass is 265 g/mol. The Labute approximate surface area is 116 Å². The predicted octanol–water partition coefficient (Wildman–Crippen LogP) is 3.52. The summed E-state index contributed by atoms with van der Waals surface area (Å²) in [6.07, 6.45) is 0. The van der Waals surface area contributed by atoms with Crippen LogP contribution < -0.4 is 5.56 Å². The zero-order chi connectivity index (χ0) is 14.3. The number of hydrogen-bond donors (Lipinski definition) is 2. The van der Waals surface area contributed by atoms with E-state index in [1.807, 2.05) is 44.2 Å². The third-order valence-electron chi connectivity index (χ3n) is 3.49. The zero-order valence-electron chi connectivity index (χ0n) is 11.4. The second-order valence-electron chi connectivity index (χ2n) is 5.09. The highest BCUT2D eigenvalue weighted by Gasteiger charge is 2.12. The first-order valence-electron chi connectivity index (χ1n) is 6.49. The maximum Gasteiger partial charge on any atom is 0.256 e. The van der Waals surface area contributed by atoms with Crippen molar-refractivity contribution in [3.05, 3.63) is 63.9 Å². The number of nitrogens with one attached hydrogen (secondary N) is 1. The minimum absolute atomic E-state index is 0.114. The van der Waals surface area contributed by atoms with Crippen LogP contribution in [0, 0.1) is 13.8 Å². The molecule has 0 aliphatic carbocycles. The summed E-state index contributed by atoms with van der Waals surface area (Å²) in [5.74, 6) is 0.114. The number of aromatic hydroxyl groups is 1. The van der Waals surface area contributed by atoms with Crippen LogP contribution in [0.25, 0.3) is 22.0 Å². The van der Waals surface area contributed by atoms with E-state index >= 15 is 0 Å². The highest BCUT2D eigenvalue weighted by molar-refractivity contribution is 5.92. The van der Waals surface area contributed by atoms with E-state index < -0.39 is 0 Å². The van der Waals surface area contributed by atoms with E-state index in [2.05, 4.69) is 4.98 Å². The minimum atomic E-state index is -0.183. The molecule has 0 fully saturated rings. The molecule has 0 bridgehead atoms. The predicted molar refractivity (Wildman–Crippen MR) is 81.1 cm³/mol. The van der Waals surface area contributed by atoms with Gasteiger partial charge in [-0.1, -0.05) is 47.5 Å². The summed E-state index contributed by atoms with van der Waals surface area (Å²) >= 11 is 0. The molecule has 3 heteroatoms. The first-order chi connectivity index (χ1) is 9.56. The minimum Gasteiger partial charge on any atom is -0.505 e. The van der Waals surface area contributed by atoms with Crippen LogP contribution in [0.15, 0.2) is 47.3 Å². The van der Waals surface area contributed by atoms with E-state index in [1.54, 1.807) is 12.1 Å². The van der Waals surface area contributed by atoms with Gasteiger partial charge in [-0.2, -0.15) is 0 Å². The van der Waals surface area contributed by atoms with Crippen LogP contribution in [-0.4, -0.2) is 10.1 Å². The van der Waals surface area contributed by atoms with Crippen molar-refractivity contribution in [2.75, 3.05) is 0 Å². The van der Waals surface area contributed by atoms with Crippen LogP contribution in [0.3, 0.4) is 0 Å². The fourth-order valence-electron chi connectivity index (χ4n) is 2.36. The Morgan fingerprint density at radius 3 is 2.25 bits per heavy atom. The van der Waals surface area contributed by atoms with Gasteiger partial charge in [0.1, 0.15) is 5.75 Å². The van der Waals surface area contributed by atoms with Gasteiger partial charge >= 0.3 is 0 Å². The lowest BCUT2D eigenvalue weighted by Crippen LogP contribution is -2.08. The molecule has 0 radical (unpaired) electrons. The second kappa shape index (κ2) is 4.53. The van der Waals surface area contributed by atoms with Gasteiger partial charge in [0, 0.05) is 10.9 Å². The molecule has 3 nitrogen and oxygen atoms in total. The van der Waals surface area contributed by atoms with Gasteiger partial charge in [-0.15, -0.1) is 0 Å². The summed E-state index contributed by atoms with van der Waals surface area (Å²) in [6.45, 7) is 3.92. The summed E-state index contributed by atoms with van der Waals surface area (Å²) in [7, 11) is 0. The third-order valence-corrected chi connectivity index (χ3v) is 3.49. The van der Waals surface area contributed by atoms with Crippen LogP contribution in [0.4, 0.5) is 0 Å². The first-order valence-corrected chi connectivity index (χ1v) is 6.49. The molecule has 100 valence electrons. The number of hydrogen-bond acceptors (Lipinski definition) is 2. The van der Waals surface area contributed by atoms with E-state index in [-0.39, 0.29) is 11.3 Å². The van der Waals surface area contributed by atoms with Crippen molar-refractivity contribution in [1.29, 1.82) is 0 Å². The average Bonchev–Trinajstić information content (AvgIpc) is 2.44. The maximum atomic E-state index is 12.2. The van der Waals surface area contributed by atoms with E-state index in [9.17, 15) is 9.90 Å². The maximum absolute atomic E-state index is 12.2. The molecule has 0 unspecified atom stereocenters. The molecular weight excluding hydrogens is 250 g/mol. The lowest BCUT2D eigenvalue weighted by atomic mass is 10.0. The highest BCUT2D eigenvalue weighted by atomic mass is 16.3. The second-order valence-corrected chi connectivity index (χ2v) is 5.09. The van der Waals surface area contributed by atoms with Crippen molar-refractivity contribution >= 4 is 10.8 Å². The molecule has 2 aromatic carbocycles. The zero-order valence-corrected chi connectivity index (χ0v) is 11.4. The van der Waals surface area contributed by atoms with E-state index in [0.717, 1.165) is 16.7 Å². The quantitative estimate of drug-likeness (QED) is 0.707. The smallest absolute Gasteiger partial charge is 0.256 e. The molecule has 1 aromatic heterocycles. The number of aryl methyl sites for hydroxylation is 2. The van der Waals surface area contributed by atoms with Crippen molar-refractivity contribution in [2.24, 2.45) is 0 Å². The molecule has 2 N–H and O–H groups in total.